The molecule has 1 N–H and O–H groups in total. The van der Waals surface area contributed by atoms with Gasteiger partial charge in [0.1, 0.15) is 5.51 Å². The van der Waals surface area contributed by atoms with Gasteiger partial charge >= 0.3 is 0 Å². The number of morpholine rings is 1. The maximum atomic E-state index is 12.0. The van der Waals surface area contributed by atoms with Crippen molar-refractivity contribution in [3.8, 4) is 0 Å². The topological polar surface area (TPSA) is 85.2 Å². The van der Waals surface area contributed by atoms with E-state index < -0.39 is 0 Å². The maximum absolute atomic E-state index is 12.0. The van der Waals surface area contributed by atoms with Gasteiger partial charge in [0, 0.05) is 19.3 Å². The number of anilines is 1. The molecule has 1 atom stereocenters. The zero-order valence-electron chi connectivity index (χ0n) is 12.3. The third-order valence-electron chi connectivity index (χ3n) is 3.35. The van der Waals surface area contributed by atoms with Crippen LogP contribution >= 0.6 is 11.3 Å². The highest BCUT2D eigenvalue weighted by Gasteiger charge is 2.23. The van der Waals surface area contributed by atoms with Crippen molar-refractivity contribution in [2.45, 2.75) is 19.6 Å². The molecule has 0 radical (unpaired) electrons. The molecule has 0 aliphatic carbocycles. The zero-order chi connectivity index (χ0) is 15.4. The summed E-state index contributed by atoms with van der Waals surface area (Å²) in [6, 6.07) is 0. The monoisotopic (exact) mass is 322 g/mol. The number of hydrogen-bond acceptors (Lipinski definition) is 7. The van der Waals surface area contributed by atoms with Crippen LogP contribution in [0.25, 0.3) is 0 Å². The molecule has 1 amide bonds. The summed E-state index contributed by atoms with van der Waals surface area (Å²) in [5.41, 5.74) is 2.72. The molecule has 0 bridgehead atoms. The number of amides is 1. The highest BCUT2D eigenvalue weighted by Crippen LogP contribution is 2.10. The molecule has 0 aromatic carbocycles. The highest BCUT2D eigenvalue weighted by molar-refractivity contribution is 7.13. The SMILES string of the molecule is Cc1cnn(C[C@H]2CN(CC(=O)Nc3nncs3)CCO2)c1. The van der Waals surface area contributed by atoms with E-state index in [2.05, 4.69) is 25.5 Å². The lowest BCUT2D eigenvalue weighted by Crippen LogP contribution is -2.47. The summed E-state index contributed by atoms with van der Waals surface area (Å²) in [6.07, 6.45) is 3.86. The second-order valence-corrected chi connectivity index (χ2v) is 6.09. The van der Waals surface area contributed by atoms with Crippen LogP contribution in [0.1, 0.15) is 5.56 Å². The van der Waals surface area contributed by atoms with Crippen molar-refractivity contribution in [2.24, 2.45) is 0 Å². The van der Waals surface area contributed by atoms with Crippen LogP contribution in [0.15, 0.2) is 17.9 Å². The smallest absolute Gasteiger partial charge is 0.240 e. The third kappa shape index (κ3) is 4.09. The Bertz CT molecular complexity index is 614. The molecule has 1 saturated heterocycles. The lowest BCUT2D eigenvalue weighted by Gasteiger charge is -2.32. The fraction of sp³-hybridized carbons (Fsp3) is 0.538. The van der Waals surface area contributed by atoms with Crippen LogP contribution in [0, 0.1) is 6.92 Å². The maximum Gasteiger partial charge on any atom is 0.240 e. The Labute approximate surface area is 132 Å². The summed E-state index contributed by atoms with van der Waals surface area (Å²) in [6.45, 7) is 5.12. The van der Waals surface area contributed by atoms with E-state index in [1.54, 1.807) is 5.51 Å². The molecule has 22 heavy (non-hydrogen) atoms. The number of nitrogens with zero attached hydrogens (tertiary/aromatic N) is 5. The van der Waals surface area contributed by atoms with Gasteiger partial charge in [0.15, 0.2) is 0 Å². The van der Waals surface area contributed by atoms with Crippen molar-refractivity contribution in [3.63, 3.8) is 0 Å². The Hall–Kier alpha value is -1.84. The van der Waals surface area contributed by atoms with Gasteiger partial charge in [-0.1, -0.05) is 11.3 Å². The fourth-order valence-corrected chi connectivity index (χ4v) is 2.86. The van der Waals surface area contributed by atoms with Crippen LogP contribution < -0.4 is 5.32 Å². The standard InChI is InChI=1S/C13H18N6O2S/c1-10-4-15-19(5-10)7-11-6-18(2-3-21-11)8-12(20)16-13-17-14-9-22-13/h4-5,9,11H,2-3,6-8H2,1H3,(H,16,17,20)/t11-/m1/s1. The normalized spacial score (nSPS) is 19.2. The van der Waals surface area contributed by atoms with Crippen molar-refractivity contribution >= 4 is 22.4 Å². The highest BCUT2D eigenvalue weighted by atomic mass is 32.1. The van der Waals surface area contributed by atoms with Gasteiger partial charge in [0.2, 0.25) is 11.0 Å². The molecule has 0 saturated carbocycles. The molecule has 118 valence electrons. The Balaban J connectivity index is 1.48. The Kier molecular flexibility index (Phi) is 4.76. The van der Waals surface area contributed by atoms with Crippen LogP contribution in [-0.2, 0) is 16.1 Å². The molecule has 9 heteroatoms. The fourth-order valence-electron chi connectivity index (χ4n) is 2.40. The molecule has 0 spiro atoms. The number of carbonyl (C=O) groups excluding carboxylic acids is 1. The summed E-state index contributed by atoms with van der Waals surface area (Å²) in [4.78, 5) is 14.1. The number of aryl methyl sites for hydroxylation is 1. The summed E-state index contributed by atoms with van der Waals surface area (Å²) >= 11 is 1.31. The number of nitrogens with one attached hydrogen (secondary N) is 1. The predicted octanol–water partition coefficient (Wildman–Crippen LogP) is 0.383. The van der Waals surface area contributed by atoms with E-state index >= 15 is 0 Å². The van der Waals surface area contributed by atoms with Crippen molar-refractivity contribution in [1.29, 1.82) is 0 Å². The molecule has 8 nitrogen and oxygen atoms in total. The average molecular weight is 322 g/mol. The molecule has 1 fully saturated rings. The zero-order valence-corrected chi connectivity index (χ0v) is 13.1. The van der Waals surface area contributed by atoms with Crippen LogP contribution in [0.3, 0.4) is 0 Å². The van der Waals surface area contributed by atoms with Crippen LogP contribution in [0.4, 0.5) is 5.13 Å². The lowest BCUT2D eigenvalue weighted by atomic mass is 10.2. The third-order valence-corrected chi connectivity index (χ3v) is 3.96. The molecular formula is C13H18N6O2S. The molecule has 1 aliphatic rings. The van der Waals surface area contributed by atoms with Crippen molar-refractivity contribution in [3.05, 3.63) is 23.5 Å². The van der Waals surface area contributed by atoms with Gasteiger partial charge in [0.25, 0.3) is 0 Å². The van der Waals surface area contributed by atoms with E-state index in [9.17, 15) is 4.79 Å². The summed E-state index contributed by atoms with van der Waals surface area (Å²) in [5, 5.41) is 15.0. The lowest BCUT2D eigenvalue weighted by molar-refractivity contribution is -0.119. The van der Waals surface area contributed by atoms with E-state index in [0.717, 1.165) is 12.1 Å². The first-order chi connectivity index (χ1) is 10.7. The summed E-state index contributed by atoms with van der Waals surface area (Å²) < 4.78 is 7.63. The van der Waals surface area contributed by atoms with E-state index in [0.29, 0.717) is 31.4 Å². The van der Waals surface area contributed by atoms with E-state index in [-0.39, 0.29) is 12.0 Å². The molecule has 3 heterocycles. The molecule has 0 unspecified atom stereocenters. The van der Waals surface area contributed by atoms with Crippen LogP contribution in [-0.4, -0.2) is 63.1 Å². The van der Waals surface area contributed by atoms with Gasteiger partial charge in [-0.3, -0.25) is 19.7 Å². The summed E-state index contributed by atoms with van der Waals surface area (Å²) in [7, 11) is 0. The second kappa shape index (κ2) is 6.95. The number of rotatable bonds is 5. The number of ether oxygens (including phenoxy) is 1. The Morgan fingerprint density at radius 2 is 2.50 bits per heavy atom. The van der Waals surface area contributed by atoms with Gasteiger partial charge in [-0.15, -0.1) is 10.2 Å². The first-order valence-electron chi connectivity index (χ1n) is 7.08. The van der Waals surface area contributed by atoms with Gasteiger partial charge in [-0.25, -0.2) is 0 Å². The first-order valence-corrected chi connectivity index (χ1v) is 7.96. The second-order valence-electron chi connectivity index (χ2n) is 5.26. The summed E-state index contributed by atoms with van der Waals surface area (Å²) in [5.74, 6) is -0.0765. The molecule has 1 aliphatic heterocycles. The molecule has 3 rings (SSSR count). The van der Waals surface area contributed by atoms with E-state index in [1.807, 2.05) is 24.0 Å². The van der Waals surface area contributed by atoms with Gasteiger partial charge in [-0.05, 0) is 12.5 Å². The first kappa shape index (κ1) is 15.1. The largest absolute Gasteiger partial charge is 0.374 e. The Morgan fingerprint density at radius 3 is 3.23 bits per heavy atom. The molecule has 2 aromatic rings. The van der Waals surface area contributed by atoms with Gasteiger partial charge < -0.3 is 4.74 Å². The molecule has 2 aromatic heterocycles. The number of hydrogen-bond donors (Lipinski definition) is 1. The Morgan fingerprint density at radius 1 is 1.59 bits per heavy atom. The number of aromatic nitrogens is 4. The van der Waals surface area contributed by atoms with Crippen molar-refractivity contribution in [2.75, 3.05) is 31.6 Å². The minimum Gasteiger partial charge on any atom is -0.374 e. The average Bonchev–Trinajstić information content (AvgIpc) is 3.11. The minimum absolute atomic E-state index is 0.0439. The predicted molar refractivity (Wildman–Crippen MR) is 81.7 cm³/mol. The number of carbonyl (C=O) groups is 1. The van der Waals surface area contributed by atoms with Crippen LogP contribution in [0.2, 0.25) is 0 Å². The molecular weight excluding hydrogens is 304 g/mol. The van der Waals surface area contributed by atoms with Crippen molar-refractivity contribution < 1.29 is 9.53 Å². The van der Waals surface area contributed by atoms with E-state index in [4.69, 9.17) is 4.74 Å². The van der Waals surface area contributed by atoms with Crippen molar-refractivity contribution in [1.82, 2.24) is 24.9 Å². The minimum atomic E-state index is -0.0765. The quantitative estimate of drug-likeness (QED) is 0.857. The van der Waals surface area contributed by atoms with E-state index in [1.165, 1.54) is 11.3 Å². The van der Waals surface area contributed by atoms with Gasteiger partial charge in [0.05, 0.1) is 32.0 Å². The van der Waals surface area contributed by atoms with Crippen LogP contribution in [0.5, 0.6) is 0 Å². The van der Waals surface area contributed by atoms with Gasteiger partial charge in [-0.2, -0.15) is 5.10 Å².